The highest BCUT2D eigenvalue weighted by Crippen LogP contribution is 2.29. The monoisotopic (exact) mass is 235 g/mol. The molecule has 1 aromatic rings. The summed E-state index contributed by atoms with van der Waals surface area (Å²) in [5.41, 5.74) is 2.91. The molecular weight excluding hydrogens is 210 g/mol. The quantitative estimate of drug-likeness (QED) is 0.845. The van der Waals surface area contributed by atoms with E-state index >= 15 is 0 Å². The van der Waals surface area contributed by atoms with Gasteiger partial charge in [0.25, 0.3) is 0 Å². The van der Waals surface area contributed by atoms with Crippen LogP contribution in [0, 0.1) is 0 Å². The summed E-state index contributed by atoms with van der Waals surface area (Å²) in [5, 5.41) is 3.49. The van der Waals surface area contributed by atoms with Gasteiger partial charge in [0.2, 0.25) is 0 Å². The van der Waals surface area contributed by atoms with Crippen molar-refractivity contribution >= 4 is 0 Å². The summed E-state index contributed by atoms with van der Waals surface area (Å²) < 4.78 is 5.32. The number of methoxy groups -OCH3 is 1. The van der Waals surface area contributed by atoms with Gasteiger partial charge < -0.3 is 10.1 Å². The van der Waals surface area contributed by atoms with Crippen molar-refractivity contribution in [1.29, 1.82) is 0 Å². The molecule has 1 N–H and O–H groups in total. The molecule has 1 atom stereocenters. The van der Waals surface area contributed by atoms with Crippen molar-refractivity contribution in [1.82, 2.24) is 5.32 Å². The molecule has 1 aromatic carbocycles. The Morgan fingerprint density at radius 3 is 2.41 bits per heavy atom. The van der Waals surface area contributed by atoms with E-state index in [0.717, 1.165) is 6.54 Å². The summed E-state index contributed by atoms with van der Waals surface area (Å²) in [6, 6.07) is 8.91. The van der Waals surface area contributed by atoms with Crippen LogP contribution in [0.3, 0.4) is 0 Å². The lowest BCUT2D eigenvalue weighted by atomic mass is 9.82. The first-order valence-corrected chi connectivity index (χ1v) is 6.32. The largest absolute Gasteiger partial charge is 0.383 e. The molecule has 0 aliphatic carbocycles. The van der Waals surface area contributed by atoms with Gasteiger partial charge in [0.1, 0.15) is 0 Å². The second-order valence-corrected chi connectivity index (χ2v) is 5.40. The number of benzene rings is 1. The van der Waals surface area contributed by atoms with E-state index in [1.165, 1.54) is 11.1 Å². The molecule has 0 aromatic heterocycles. The van der Waals surface area contributed by atoms with Crippen molar-refractivity contribution in [3.8, 4) is 0 Å². The van der Waals surface area contributed by atoms with Gasteiger partial charge in [0.05, 0.1) is 12.6 Å². The minimum absolute atomic E-state index is 0.165. The maximum Gasteiger partial charge on any atom is 0.0657 e. The molecule has 1 unspecified atom stereocenters. The Labute approximate surface area is 105 Å². The third-order valence-corrected chi connectivity index (χ3v) is 2.93. The molecule has 0 aliphatic heterocycles. The normalized spacial score (nSPS) is 13.7. The minimum Gasteiger partial charge on any atom is -0.383 e. The van der Waals surface area contributed by atoms with Gasteiger partial charge in [-0.15, -0.1) is 0 Å². The maximum absolute atomic E-state index is 5.32. The van der Waals surface area contributed by atoms with E-state index in [0.29, 0.717) is 6.61 Å². The predicted octanol–water partition coefficient (Wildman–Crippen LogP) is 3.28. The zero-order valence-corrected chi connectivity index (χ0v) is 11.7. The number of nitrogens with one attached hydrogen (secondary N) is 1. The number of ether oxygens (including phenoxy) is 1. The van der Waals surface area contributed by atoms with Gasteiger partial charge in [-0.25, -0.2) is 0 Å². The van der Waals surface area contributed by atoms with Gasteiger partial charge in [-0.2, -0.15) is 0 Å². The van der Waals surface area contributed by atoms with Crippen molar-refractivity contribution in [2.75, 3.05) is 20.3 Å². The van der Waals surface area contributed by atoms with Crippen LogP contribution < -0.4 is 5.32 Å². The fourth-order valence-corrected chi connectivity index (χ4v) is 2.16. The lowest BCUT2D eigenvalue weighted by Crippen LogP contribution is -2.28. The molecule has 0 saturated heterocycles. The lowest BCUT2D eigenvalue weighted by Gasteiger charge is -2.27. The van der Waals surface area contributed by atoms with Crippen molar-refractivity contribution in [3.63, 3.8) is 0 Å². The molecule has 0 spiro atoms. The fourth-order valence-electron chi connectivity index (χ4n) is 2.16. The molecule has 0 aliphatic rings. The maximum atomic E-state index is 5.32. The van der Waals surface area contributed by atoms with Crippen molar-refractivity contribution in [2.24, 2.45) is 0 Å². The Kier molecular flexibility index (Phi) is 5.16. The molecule has 0 heterocycles. The standard InChI is InChI=1S/C15H25NO/c1-6-16-14(11-17-5)12-9-7-8-10-13(12)15(2,3)4/h7-10,14,16H,6,11H2,1-5H3. The van der Waals surface area contributed by atoms with Crippen molar-refractivity contribution in [3.05, 3.63) is 35.4 Å². The van der Waals surface area contributed by atoms with Crippen molar-refractivity contribution < 1.29 is 4.74 Å². The molecule has 2 heteroatoms. The third kappa shape index (κ3) is 3.83. The predicted molar refractivity (Wildman–Crippen MR) is 73.4 cm³/mol. The Balaban J connectivity index is 3.09. The van der Waals surface area contributed by atoms with Gasteiger partial charge in [-0.05, 0) is 23.1 Å². The van der Waals surface area contributed by atoms with Crippen LogP contribution in [0.15, 0.2) is 24.3 Å². The first-order chi connectivity index (χ1) is 8.00. The van der Waals surface area contributed by atoms with Gasteiger partial charge in [0.15, 0.2) is 0 Å². The van der Waals surface area contributed by atoms with Crippen LogP contribution in [0.5, 0.6) is 0 Å². The van der Waals surface area contributed by atoms with Gasteiger partial charge in [0, 0.05) is 7.11 Å². The second-order valence-electron chi connectivity index (χ2n) is 5.40. The van der Waals surface area contributed by atoms with Gasteiger partial charge >= 0.3 is 0 Å². The molecule has 0 saturated carbocycles. The lowest BCUT2D eigenvalue weighted by molar-refractivity contribution is 0.167. The van der Waals surface area contributed by atoms with Crippen LogP contribution in [-0.4, -0.2) is 20.3 Å². The van der Waals surface area contributed by atoms with Gasteiger partial charge in [-0.1, -0.05) is 52.0 Å². The van der Waals surface area contributed by atoms with Crippen molar-refractivity contribution in [2.45, 2.75) is 39.2 Å². The molecule has 0 amide bonds. The van der Waals surface area contributed by atoms with Crippen LogP contribution in [0.4, 0.5) is 0 Å². The molecule has 0 radical (unpaired) electrons. The molecule has 0 bridgehead atoms. The van der Waals surface area contributed by atoms with Crippen LogP contribution in [0.1, 0.15) is 44.9 Å². The average Bonchev–Trinajstić information content (AvgIpc) is 2.28. The van der Waals surface area contributed by atoms with E-state index in [-0.39, 0.29) is 11.5 Å². The first-order valence-electron chi connectivity index (χ1n) is 6.32. The Morgan fingerprint density at radius 2 is 1.88 bits per heavy atom. The molecule has 17 heavy (non-hydrogen) atoms. The third-order valence-electron chi connectivity index (χ3n) is 2.93. The number of hydrogen-bond donors (Lipinski definition) is 1. The fraction of sp³-hybridized carbons (Fsp3) is 0.600. The Bertz CT molecular complexity index is 335. The smallest absolute Gasteiger partial charge is 0.0657 e. The van der Waals surface area contributed by atoms with Gasteiger partial charge in [-0.3, -0.25) is 0 Å². The Hall–Kier alpha value is -0.860. The zero-order chi connectivity index (χ0) is 12.9. The summed E-state index contributed by atoms with van der Waals surface area (Å²) in [6.07, 6.45) is 0. The van der Waals surface area contributed by atoms with Crippen LogP contribution >= 0.6 is 0 Å². The molecule has 2 nitrogen and oxygen atoms in total. The number of hydrogen-bond acceptors (Lipinski definition) is 2. The zero-order valence-electron chi connectivity index (χ0n) is 11.7. The van der Waals surface area contributed by atoms with Crippen LogP contribution in [-0.2, 0) is 10.2 Å². The highest BCUT2D eigenvalue weighted by Gasteiger charge is 2.21. The van der Waals surface area contributed by atoms with E-state index < -0.39 is 0 Å². The molecule has 0 fully saturated rings. The summed E-state index contributed by atoms with van der Waals surface area (Å²) >= 11 is 0. The molecule has 1 rings (SSSR count). The topological polar surface area (TPSA) is 21.3 Å². The van der Waals surface area contributed by atoms with Crippen LogP contribution in [0.2, 0.25) is 0 Å². The number of rotatable bonds is 5. The minimum atomic E-state index is 0.165. The van der Waals surface area contributed by atoms with Crippen LogP contribution in [0.25, 0.3) is 0 Å². The van der Waals surface area contributed by atoms with E-state index in [1.54, 1.807) is 7.11 Å². The highest BCUT2D eigenvalue weighted by atomic mass is 16.5. The molecular formula is C15H25NO. The summed E-state index contributed by atoms with van der Waals surface area (Å²) in [7, 11) is 1.75. The Morgan fingerprint density at radius 1 is 1.24 bits per heavy atom. The second kappa shape index (κ2) is 6.18. The molecule has 96 valence electrons. The van der Waals surface area contributed by atoms with E-state index in [9.17, 15) is 0 Å². The first kappa shape index (κ1) is 14.2. The summed E-state index contributed by atoms with van der Waals surface area (Å²) in [6.45, 7) is 10.5. The van der Waals surface area contributed by atoms with E-state index in [1.807, 2.05) is 0 Å². The number of likely N-dealkylation sites (N-methyl/N-ethyl adjacent to an activating group) is 1. The SMILES string of the molecule is CCNC(COC)c1ccccc1C(C)(C)C. The average molecular weight is 235 g/mol. The summed E-state index contributed by atoms with van der Waals surface area (Å²) in [4.78, 5) is 0. The summed E-state index contributed by atoms with van der Waals surface area (Å²) in [5.74, 6) is 0. The van der Waals surface area contributed by atoms with E-state index in [2.05, 4.69) is 57.3 Å². The highest BCUT2D eigenvalue weighted by molar-refractivity contribution is 5.35. The van der Waals surface area contributed by atoms with E-state index in [4.69, 9.17) is 4.74 Å².